The van der Waals surface area contributed by atoms with E-state index in [0.717, 1.165) is 19.4 Å². The number of methoxy groups -OCH3 is 1. The first-order valence-corrected chi connectivity index (χ1v) is 6.46. The van der Waals surface area contributed by atoms with Crippen molar-refractivity contribution in [3.05, 3.63) is 27.8 Å². The van der Waals surface area contributed by atoms with Gasteiger partial charge in [-0.05, 0) is 31.0 Å². The van der Waals surface area contributed by atoms with Gasteiger partial charge in [0.05, 0.1) is 18.1 Å². The molecule has 0 amide bonds. The van der Waals surface area contributed by atoms with Gasteiger partial charge in [-0.3, -0.25) is 15.0 Å². The minimum Gasteiger partial charge on any atom is -0.500 e. The highest BCUT2D eigenvalue weighted by atomic mass is 16.6. The topological polar surface area (TPSA) is 96.1 Å². The van der Waals surface area contributed by atoms with E-state index >= 15 is 0 Å². The number of nitro benzene ring substituents is 1. The molecule has 7 nitrogen and oxygen atoms in total. The van der Waals surface area contributed by atoms with E-state index < -0.39 is 10.7 Å². The zero-order valence-electron chi connectivity index (χ0n) is 11.3. The number of β-amino-alcohol motifs (C(OH)–C–C–N with tert-alkyl or cyclic N) is 1. The maximum Gasteiger partial charge on any atom is 0.314 e. The lowest BCUT2D eigenvalue weighted by atomic mass is 10.1. The third-order valence-corrected chi connectivity index (χ3v) is 3.42. The summed E-state index contributed by atoms with van der Waals surface area (Å²) in [5, 5.41) is 30.3. The molecule has 110 valence electrons. The van der Waals surface area contributed by atoms with Crippen LogP contribution in [0.15, 0.2) is 12.1 Å². The first kappa shape index (κ1) is 14.5. The van der Waals surface area contributed by atoms with E-state index in [9.17, 15) is 20.3 Å². The molecule has 1 fully saturated rings. The Hall–Kier alpha value is -1.86. The molecule has 0 bridgehead atoms. The number of likely N-dealkylation sites (tertiary alicyclic amines) is 1. The van der Waals surface area contributed by atoms with Crippen LogP contribution in [0.2, 0.25) is 0 Å². The van der Waals surface area contributed by atoms with E-state index in [1.807, 2.05) is 4.90 Å². The summed E-state index contributed by atoms with van der Waals surface area (Å²) in [6.45, 7) is 1.87. The zero-order chi connectivity index (χ0) is 14.7. The molecule has 1 aliphatic rings. The second-order valence-corrected chi connectivity index (χ2v) is 4.95. The van der Waals surface area contributed by atoms with Crippen LogP contribution in [0.1, 0.15) is 18.4 Å². The standard InChI is InChI=1S/C13H18N2O5/c1-20-12-6-9(5-11(13(12)17)15(18)19)7-14-4-2-3-10(16)8-14/h5-6,10,16-17H,2-4,7-8H2,1H3/t10-/m0/s1. The molecule has 1 heterocycles. The van der Waals surface area contributed by atoms with Crippen molar-refractivity contribution in [2.75, 3.05) is 20.2 Å². The Morgan fingerprint density at radius 1 is 1.55 bits per heavy atom. The lowest BCUT2D eigenvalue weighted by Crippen LogP contribution is -2.37. The zero-order valence-corrected chi connectivity index (χ0v) is 11.3. The van der Waals surface area contributed by atoms with Gasteiger partial charge in [-0.1, -0.05) is 0 Å². The van der Waals surface area contributed by atoms with E-state index in [1.165, 1.54) is 13.2 Å². The fourth-order valence-electron chi connectivity index (χ4n) is 2.47. The molecular formula is C13H18N2O5. The highest BCUT2D eigenvalue weighted by Crippen LogP contribution is 2.37. The SMILES string of the molecule is COc1cc(CN2CCC[C@H](O)C2)cc([N+](=O)[O-])c1O. The van der Waals surface area contributed by atoms with Crippen LogP contribution in [0.3, 0.4) is 0 Å². The van der Waals surface area contributed by atoms with Gasteiger partial charge in [0.1, 0.15) is 0 Å². The van der Waals surface area contributed by atoms with E-state index in [2.05, 4.69) is 0 Å². The van der Waals surface area contributed by atoms with E-state index in [-0.39, 0.29) is 17.5 Å². The molecule has 0 spiro atoms. The van der Waals surface area contributed by atoms with Crippen LogP contribution >= 0.6 is 0 Å². The quantitative estimate of drug-likeness (QED) is 0.637. The molecular weight excluding hydrogens is 264 g/mol. The Labute approximate surface area is 116 Å². The molecule has 1 atom stereocenters. The van der Waals surface area contributed by atoms with Crippen molar-refractivity contribution in [1.82, 2.24) is 4.90 Å². The van der Waals surface area contributed by atoms with Gasteiger partial charge in [-0.15, -0.1) is 0 Å². The van der Waals surface area contributed by atoms with Crippen molar-refractivity contribution < 1.29 is 19.9 Å². The number of hydrogen-bond donors (Lipinski definition) is 2. The fraction of sp³-hybridized carbons (Fsp3) is 0.538. The number of nitrogens with zero attached hydrogens (tertiary/aromatic N) is 2. The summed E-state index contributed by atoms with van der Waals surface area (Å²) in [7, 11) is 1.35. The van der Waals surface area contributed by atoms with E-state index in [1.54, 1.807) is 6.07 Å². The summed E-state index contributed by atoms with van der Waals surface area (Å²) >= 11 is 0. The lowest BCUT2D eigenvalue weighted by Gasteiger charge is -2.30. The maximum atomic E-state index is 10.9. The Bertz CT molecular complexity index is 506. The highest BCUT2D eigenvalue weighted by molar-refractivity contribution is 5.57. The van der Waals surface area contributed by atoms with Crippen molar-refractivity contribution in [2.45, 2.75) is 25.5 Å². The molecule has 0 unspecified atom stereocenters. The summed E-state index contributed by atoms with van der Waals surface area (Å²) in [5.41, 5.74) is 0.317. The predicted octanol–water partition coefficient (Wildman–Crippen LogP) is 1.27. The van der Waals surface area contributed by atoms with Gasteiger partial charge in [0.15, 0.2) is 5.75 Å². The van der Waals surface area contributed by atoms with E-state index in [0.29, 0.717) is 18.7 Å². The minimum absolute atomic E-state index is 0.0896. The van der Waals surface area contributed by atoms with Crippen LogP contribution in [0.25, 0.3) is 0 Å². The third-order valence-electron chi connectivity index (χ3n) is 3.42. The normalized spacial score (nSPS) is 19.8. The number of phenolic OH excluding ortho intramolecular Hbond substituents is 1. The van der Waals surface area contributed by atoms with Crippen LogP contribution in [-0.2, 0) is 6.54 Å². The van der Waals surface area contributed by atoms with Gasteiger partial charge < -0.3 is 14.9 Å². The number of benzene rings is 1. The number of nitro groups is 1. The molecule has 0 saturated carbocycles. The Balaban J connectivity index is 2.23. The first-order valence-electron chi connectivity index (χ1n) is 6.46. The monoisotopic (exact) mass is 282 g/mol. The molecule has 0 aromatic heterocycles. The number of rotatable bonds is 4. The summed E-state index contributed by atoms with van der Waals surface area (Å²) in [6, 6.07) is 2.93. The Morgan fingerprint density at radius 3 is 2.90 bits per heavy atom. The van der Waals surface area contributed by atoms with Crippen LogP contribution in [0, 0.1) is 10.1 Å². The largest absolute Gasteiger partial charge is 0.500 e. The molecule has 2 rings (SSSR count). The number of ether oxygens (including phenoxy) is 1. The predicted molar refractivity (Wildman–Crippen MR) is 71.8 cm³/mol. The summed E-state index contributed by atoms with van der Waals surface area (Å²) in [5.74, 6) is -0.369. The van der Waals surface area contributed by atoms with Crippen molar-refractivity contribution in [1.29, 1.82) is 0 Å². The van der Waals surface area contributed by atoms with Crippen molar-refractivity contribution in [3.8, 4) is 11.5 Å². The average Bonchev–Trinajstić information content (AvgIpc) is 2.40. The lowest BCUT2D eigenvalue weighted by molar-refractivity contribution is -0.386. The Morgan fingerprint density at radius 2 is 2.30 bits per heavy atom. The molecule has 0 radical (unpaired) electrons. The summed E-state index contributed by atoms with van der Waals surface area (Å²) in [4.78, 5) is 12.3. The summed E-state index contributed by atoms with van der Waals surface area (Å²) in [6.07, 6.45) is 1.34. The first-order chi connectivity index (χ1) is 9.51. The van der Waals surface area contributed by atoms with Crippen LogP contribution in [0.4, 0.5) is 5.69 Å². The number of aliphatic hydroxyl groups excluding tert-OH is 1. The number of hydrogen-bond acceptors (Lipinski definition) is 6. The number of aliphatic hydroxyl groups is 1. The second kappa shape index (κ2) is 6.06. The minimum atomic E-state index is -0.633. The summed E-state index contributed by atoms with van der Waals surface area (Å²) < 4.78 is 4.96. The molecule has 7 heteroatoms. The van der Waals surface area contributed by atoms with Crippen LogP contribution in [0.5, 0.6) is 11.5 Å². The molecule has 1 aliphatic heterocycles. The highest BCUT2D eigenvalue weighted by Gasteiger charge is 2.22. The maximum absolute atomic E-state index is 10.9. The van der Waals surface area contributed by atoms with Crippen molar-refractivity contribution >= 4 is 5.69 Å². The number of piperidine rings is 1. The fourth-order valence-corrected chi connectivity index (χ4v) is 2.47. The van der Waals surface area contributed by atoms with Crippen LogP contribution in [-0.4, -0.2) is 46.3 Å². The van der Waals surface area contributed by atoms with Gasteiger partial charge in [-0.25, -0.2) is 0 Å². The number of aromatic hydroxyl groups is 1. The Kier molecular flexibility index (Phi) is 4.41. The third kappa shape index (κ3) is 3.17. The van der Waals surface area contributed by atoms with Gasteiger partial charge in [0, 0.05) is 19.2 Å². The van der Waals surface area contributed by atoms with Crippen molar-refractivity contribution in [3.63, 3.8) is 0 Å². The average molecular weight is 282 g/mol. The van der Waals surface area contributed by atoms with Gasteiger partial charge in [-0.2, -0.15) is 0 Å². The van der Waals surface area contributed by atoms with Gasteiger partial charge in [0.25, 0.3) is 0 Å². The molecule has 0 aliphatic carbocycles. The van der Waals surface area contributed by atoms with Crippen molar-refractivity contribution in [2.24, 2.45) is 0 Å². The van der Waals surface area contributed by atoms with Gasteiger partial charge >= 0.3 is 5.69 Å². The number of phenols is 1. The molecule has 1 aromatic carbocycles. The smallest absolute Gasteiger partial charge is 0.314 e. The molecule has 20 heavy (non-hydrogen) atoms. The second-order valence-electron chi connectivity index (χ2n) is 4.95. The van der Waals surface area contributed by atoms with Gasteiger partial charge in [0.2, 0.25) is 5.75 Å². The van der Waals surface area contributed by atoms with Crippen LogP contribution < -0.4 is 4.74 Å². The molecule has 2 N–H and O–H groups in total. The molecule has 1 aromatic rings. The molecule has 1 saturated heterocycles. The van der Waals surface area contributed by atoms with E-state index in [4.69, 9.17) is 4.74 Å².